The van der Waals surface area contributed by atoms with Gasteiger partial charge in [0.05, 0.1) is 12.7 Å². The van der Waals surface area contributed by atoms with E-state index < -0.39 is 12.0 Å². The van der Waals surface area contributed by atoms with Crippen LogP contribution in [-0.2, 0) is 14.3 Å². The van der Waals surface area contributed by atoms with Gasteiger partial charge in [-0.25, -0.2) is 0 Å². The van der Waals surface area contributed by atoms with Crippen LogP contribution in [0, 0.1) is 11.8 Å². The number of carboxylic acid groups (broad SMARTS) is 1. The molecule has 2 aliphatic rings. The highest BCUT2D eigenvalue weighted by molar-refractivity contribution is 7.99. The molecule has 3 rings (SSSR count). The van der Waals surface area contributed by atoms with Crippen molar-refractivity contribution in [3.05, 3.63) is 24.3 Å². The van der Waals surface area contributed by atoms with E-state index in [0.717, 1.165) is 49.7 Å². The topological polar surface area (TPSA) is 77.0 Å². The molecule has 4 atom stereocenters. The fourth-order valence-electron chi connectivity index (χ4n) is 3.63. The summed E-state index contributed by atoms with van der Waals surface area (Å²) in [5.74, 6) is 0.740. The molecule has 0 aliphatic carbocycles. The lowest BCUT2D eigenvalue weighted by Crippen LogP contribution is -2.46. The molecule has 7 heteroatoms. The molecule has 1 aromatic carbocycles. The largest absolute Gasteiger partial charge is 0.493 e. The molecule has 2 aliphatic heterocycles. The highest BCUT2D eigenvalue weighted by atomic mass is 32.2. The van der Waals surface area contributed by atoms with E-state index in [1.807, 2.05) is 31.2 Å². The summed E-state index contributed by atoms with van der Waals surface area (Å²) in [7, 11) is 1.66. The third kappa shape index (κ3) is 5.60. The SMILES string of the molecule is CNC(C(=O)O)[C@@H]1OC(Sc2cccc(OCC3CCOCC3)c2)C[C@H]1C. The third-order valence-electron chi connectivity index (χ3n) is 5.24. The minimum Gasteiger partial charge on any atom is -0.493 e. The number of carbonyl (C=O) groups is 1. The first-order chi connectivity index (χ1) is 13.1. The summed E-state index contributed by atoms with van der Waals surface area (Å²) in [5, 5.41) is 12.2. The van der Waals surface area contributed by atoms with Gasteiger partial charge in [-0.2, -0.15) is 0 Å². The number of carboxylic acids is 1. The maximum absolute atomic E-state index is 11.4. The van der Waals surface area contributed by atoms with Crippen LogP contribution in [-0.4, -0.2) is 55.5 Å². The highest BCUT2D eigenvalue weighted by Gasteiger charge is 2.40. The number of benzene rings is 1. The molecule has 2 N–H and O–H groups in total. The zero-order valence-corrected chi connectivity index (χ0v) is 16.7. The Morgan fingerprint density at radius 1 is 1.41 bits per heavy atom. The van der Waals surface area contributed by atoms with Crippen molar-refractivity contribution in [2.45, 2.75) is 48.7 Å². The van der Waals surface area contributed by atoms with Crippen LogP contribution in [0.4, 0.5) is 0 Å². The molecule has 0 radical (unpaired) electrons. The number of likely N-dealkylation sites (N-methyl/N-ethyl adjacent to an activating group) is 1. The Balaban J connectivity index is 1.54. The molecule has 0 aromatic heterocycles. The number of hydrogen-bond donors (Lipinski definition) is 2. The smallest absolute Gasteiger partial charge is 0.323 e. The van der Waals surface area contributed by atoms with Gasteiger partial charge in [0.1, 0.15) is 17.2 Å². The van der Waals surface area contributed by atoms with Gasteiger partial charge in [0, 0.05) is 18.1 Å². The second-order valence-corrected chi connectivity index (χ2v) is 8.54. The molecule has 0 amide bonds. The van der Waals surface area contributed by atoms with Crippen molar-refractivity contribution in [2.24, 2.45) is 11.8 Å². The van der Waals surface area contributed by atoms with Crippen LogP contribution >= 0.6 is 11.8 Å². The summed E-state index contributed by atoms with van der Waals surface area (Å²) < 4.78 is 17.4. The highest BCUT2D eigenvalue weighted by Crippen LogP contribution is 2.38. The Morgan fingerprint density at radius 3 is 2.89 bits per heavy atom. The van der Waals surface area contributed by atoms with Crippen molar-refractivity contribution in [3.63, 3.8) is 0 Å². The molecule has 0 spiro atoms. The number of ether oxygens (including phenoxy) is 3. The summed E-state index contributed by atoms with van der Waals surface area (Å²) in [6, 6.07) is 7.37. The van der Waals surface area contributed by atoms with E-state index in [0.29, 0.717) is 5.92 Å². The van der Waals surface area contributed by atoms with Crippen molar-refractivity contribution in [1.29, 1.82) is 0 Å². The van der Waals surface area contributed by atoms with Crippen LogP contribution in [0.3, 0.4) is 0 Å². The molecular formula is C20H29NO5S. The Kier molecular flexibility index (Phi) is 7.41. The van der Waals surface area contributed by atoms with Gasteiger partial charge in [0.2, 0.25) is 0 Å². The van der Waals surface area contributed by atoms with E-state index in [4.69, 9.17) is 14.2 Å². The molecule has 6 nitrogen and oxygen atoms in total. The summed E-state index contributed by atoms with van der Waals surface area (Å²) in [5.41, 5.74) is -0.0501. The minimum absolute atomic E-state index is 0.0501. The zero-order chi connectivity index (χ0) is 19.2. The average molecular weight is 396 g/mol. The van der Waals surface area contributed by atoms with Gasteiger partial charge in [0.25, 0.3) is 0 Å². The Hall–Kier alpha value is -1.28. The minimum atomic E-state index is -0.872. The fourth-order valence-corrected chi connectivity index (χ4v) is 4.86. The van der Waals surface area contributed by atoms with Gasteiger partial charge in [-0.1, -0.05) is 24.8 Å². The molecule has 27 heavy (non-hydrogen) atoms. The average Bonchev–Trinajstić information content (AvgIpc) is 3.01. The lowest BCUT2D eigenvalue weighted by atomic mass is 9.98. The normalized spacial score (nSPS) is 27.4. The number of nitrogens with one attached hydrogen (secondary N) is 1. The third-order valence-corrected chi connectivity index (χ3v) is 6.33. The standard InChI is InChI=1S/C20H29NO5S/c1-13-10-17(26-19(13)18(21-2)20(22)23)27-16-5-3-4-15(11-16)25-12-14-6-8-24-9-7-14/h3-5,11,13-14,17-19,21H,6-10,12H2,1-2H3,(H,22,23)/t13-,17?,18?,19-/m1/s1. The van der Waals surface area contributed by atoms with Gasteiger partial charge in [-0.05, 0) is 56.3 Å². The maximum Gasteiger partial charge on any atom is 0.323 e. The van der Waals surface area contributed by atoms with Crippen molar-refractivity contribution >= 4 is 17.7 Å². The molecule has 2 heterocycles. The van der Waals surface area contributed by atoms with E-state index in [9.17, 15) is 9.90 Å². The number of rotatable bonds is 8. The fraction of sp³-hybridized carbons (Fsp3) is 0.650. The molecule has 2 saturated heterocycles. The van der Waals surface area contributed by atoms with E-state index >= 15 is 0 Å². The van der Waals surface area contributed by atoms with E-state index in [2.05, 4.69) is 5.32 Å². The summed E-state index contributed by atoms with van der Waals surface area (Å²) in [6.07, 6.45) is 2.62. The predicted octanol–water partition coefficient (Wildman–Crippen LogP) is 3.01. The summed E-state index contributed by atoms with van der Waals surface area (Å²) in [4.78, 5) is 12.5. The van der Waals surface area contributed by atoms with Crippen LogP contribution < -0.4 is 10.1 Å². The number of aliphatic carboxylic acids is 1. The second kappa shape index (κ2) is 9.78. The Morgan fingerprint density at radius 2 is 2.19 bits per heavy atom. The monoisotopic (exact) mass is 395 g/mol. The molecular weight excluding hydrogens is 366 g/mol. The summed E-state index contributed by atoms with van der Waals surface area (Å²) in [6.45, 7) is 4.42. The summed E-state index contributed by atoms with van der Waals surface area (Å²) >= 11 is 1.63. The van der Waals surface area contributed by atoms with Gasteiger partial charge in [-0.15, -0.1) is 0 Å². The maximum atomic E-state index is 11.4. The van der Waals surface area contributed by atoms with Crippen molar-refractivity contribution in [1.82, 2.24) is 5.32 Å². The van der Waals surface area contributed by atoms with Crippen molar-refractivity contribution in [2.75, 3.05) is 26.9 Å². The first-order valence-electron chi connectivity index (χ1n) is 9.59. The van der Waals surface area contributed by atoms with Crippen LogP contribution in [0.2, 0.25) is 0 Å². The van der Waals surface area contributed by atoms with E-state index in [1.54, 1.807) is 18.8 Å². The van der Waals surface area contributed by atoms with Crippen molar-refractivity contribution < 1.29 is 24.1 Å². The van der Waals surface area contributed by atoms with Crippen LogP contribution in [0.15, 0.2) is 29.2 Å². The second-order valence-electron chi connectivity index (χ2n) is 7.31. The van der Waals surface area contributed by atoms with E-state index in [1.165, 1.54) is 0 Å². The molecule has 0 bridgehead atoms. The molecule has 2 fully saturated rings. The Bertz CT molecular complexity index is 622. The first-order valence-corrected chi connectivity index (χ1v) is 10.5. The molecule has 0 saturated carbocycles. The van der Waals surface area contributed by atoms with Gasteiger partial charge in [-0.3, -0.25) is 4.79 Å². The van der Waals surface area contributed by atoms with Crippen molar-refractivity contribution in [3.8, 4) is 5.75 Å². The molecule has 150 valence electrons. The Labute approximate surface area is 164 Å². The first kappa shape index (κ1) is 20.5. The van der Waals surface area contributed by atoms with E-state index in [-0.39, 0.29) is 17.5 Å². The van der Waals surface area contributed by atoms with Gasteiger partial charge in [0.15, 0.2) is 0 Å². The van der Waals surface area contributed by atoms with Gasteiger partial charge < -0.3 is 24.6 Å². The predicted molar refractivity (Wildman–Crippen MR) is 104 cm³/mol. The molecule has 1 aromatic rings. The molecule has 2 unspecified atom stereocenters. The lowest BCUT2D eigenvalue weighted by molar-refractivity contribution is -0.143. The lowest BCUT2D eigenvalue weighted by Gasteiger charge is -2.22. The number of thioether (sulfide) groups is 1. The number of hydrogen-bond acceptors (Lipinski definition) is 6. The van der Waals surface area contributed by atoms with Crippen LogP contribution in [0.5, 0.6) is 5.75 Å². The zero-order valence-electron chi connectivity index (χ0n) is 15.9. The van der Waals surface area contributed by atoms with Crippen LogP contribution in [0.25, 0.3) is 0 Å². The van der Waals surface area contributed by atoms with Gasteiger partial charge >= 0.3 is 5.97 Å². The quantitative estimate of drug-likeness (QED) is 0.701. The van der Waals surface area contributed by atoms with Crippen LogP contribution in [0.1, 0.15) is 26.2 Å².